The fourth-order valence-corrected chi connectivity index (χ4v) is 6.28. The maximum absolute atomic E-state index is 12.9. The van der Waals surface area contributed by atoms with Crippen LogP contribution in [-0.4, -0.2) is 39.4 Å². The van der Waals surface area contributed by atoms with Crippen molar-refractivity contribution in [1.82, 2.24) is 0 Å². The number of carbonyl (C=O) groups is 1. The Balaban J connectivity index is 1.87. The van der Waals surface area contributed by atoms with Crippen LogP contribution in [0.3, 0.4) is 0 Å². The molecule has 3 N–H and O–H groups in total. The van der Waals surface area contributed by atoms with Gasteiger partial charge in [-0.1, -0.05) is 143 Å². The molecule has 0 aromatic carbocycles. The SMILES string of the molecule is CC(/C=C/C=C(C)/C=C/C(=O)[C@]1(C)C[C@@H](O)CC1(C)C)=C\C=C\C=C(C)\C=C\C=C(C)\C=C\[C@H](O)[C@]1(C)CC[C@H](O)C1(C)C. The lowest BCUT2D eigenvalue weighted by Gasteiger charge is -2.42. The normalized spacial score (nSPS) is 31.1. The Labute approximate surface area is 267 Å². The molecule has 0 spiro atoms. The Kier molecular flexibility index (Phi) is 13.2. The highest BCUT2D eigenvalue weighted by Crippen LogP contribution is 2.55. The summed E-state index contributed by atoms with van der Waals surface area (Å²) in [6.07, 6.45) is 28.8. The highest BCUT2D eigenvalue weighted by Gasteiger charge is 2.54. The molecule has 242 valence electrons. The topological polar surface area (TPSA) is 77.8 Å². The van der Waals surface area contributed by atoms with Gasteiger partial charge in [-0.05, 0) is 70.3 Å². The van der Waals surface area contributed by atoms with Crippen molar-refractivity contribution in [2.24, 2.45) is 21.7 Å². The molecule has 2 fully saturated rings. The van der Waals surface area contributed by atoms with E-state index in [-0.39, 0.29) is 28.1 Å². The second-order valence-electron chi connectivity index (χ2n) is 14.7. The molecule has 0 heterocycles. The molecule has 0 aliphatic heterocycles. The van der Waals surface area contributed by atoms with Crippen LogP contribution >= 0.6 is 0 Å². The molecule has 0 amide bonds. The van der Waals surface area contributed by atoms with Crippen LogP contribution in [-0.2, 0) is 4.79 Å². The zero-order valence-electron chi connectivity index (χ0n) is 28.9. The summed E-state index contributed by atoms with van der Waals surface area (Å²) in [5, 5.41) is 31.3. The van der Waals surface area contributed by atoms with E-state index in [9.17, 15) is 20.1 Å². The molecule has 0 unspecified atom stereocenters. The summed E-state index contributed by atoms with van der Waals surface area (Å²) >= 11 is 0. The summed E-state index contributed by atoms with van der Waals surface area (Å²) in [6.45, 7) is 20.3. The van der Waals surface area contributed by atoms with Gasteiger partial charge in [0.25, 0.3) is 0 Å². The quantitative estimate of drug-likeness (QED) is 0.154. The number of hydrogen-bond acceptors (Lipinski definition) is 4. The molecular formula is C40H58O4. The van der Waals surface area contributed by atoms with Crippen LogP contribution in [0.2, 0.25) is 0 Å². The average Bonchev–Trinajstić information content (AvgIpc) is 3.29. The molecule has 2 rings (SSSR count). The minimum atomic E-state index is -0.609. The molecule has 5 atom stereocenters. The van der Waals surface area contributed by atoms with Crippen molar-refractivity contribution in [2.45, 2.75) is 113 Å². The smallest absolute Gasteiger partial charge is 0.162 e. The first-order valence-corrected chi connectivity index (χ1v) is 16.0. The Morgan fingerprint density at radius 3 is 1.61 bits per heavy atom. The van der Waals surface area contributed by atoms with E-state index in [0.717, 1.165) is 35.1 Å². The zero-order chi connectivity index (χ0) is 33.3. The molecule has 4 nitrogen and oxygen atoms in total. The van der Waals surface area contributed by atoms with Crippen molar-refractivity contribution in [3.05, 3.63) is 107 Å². The predicted octanol–water partition coefficient (Wildman–Crippen LogP) is 8.86. The maximum atomic E-state index is 12.9. The fraction of sp³-hybridized carbons (Fsp3) is 0.525. The lowest BCUT2D eigenvalue weighted by molar-refractivity contribution is -0.127. The highest BCUT2D eigenvalue weighted by atomic mass is 16.3. The van der Waals surface area contributed by atoms with E-state index in [4.69, 9.17) is 0 Å². The molecular weight excluding hydrogens is 544 g/mol. The minimum Gasteiger partial charge on any atom is -0.393 e. The van der Waals surface area contributed by atoms with Crippen LogP contribution in [0.1, 0.15) is 94.9 Å². The van der Waals surface area contributed by atoms with Crippen LogP contribution in [0.15, 0.2) is 107 Å². The highest BCUT2D eigenvalue weighted by molar-refractivity contribution is 5.95. The Bertz CT molecular complexity index is 1290. The van der Waals surface area contributed by atoms with Gasteiger partial charge in [0, 0.05) is 10.8 Å². The zero-order valence-corrected chi connectivity index (χ0v) is 28.9. The molecule has 44 heavy (non-hydrogen) atoms. The van der Waals surface area contributed by atoms with E-state index in [1.54, 1.807) is 6.08 Å². The molecule has 2 aliphatic carbocycles. The van der Waals surface area contributed by atoms with Crippen LogP contribution in [0.4, 0.5) is 0 Å². The van der Waals surface area contributed by atoms with Crippen molar-refractivity contribution >= 4 is 5.78 Å². The summed E-state index contributed by atoms with van der Waals surface area (Å²) in [7, 11) is 0. The Morgan fingerprint density at radius 2 is 1.16 bits per heavy atom. The standard InChI is InChI=1S/C40H58O4/c1-29(17-13-19-31(3)21-23-35(43)39(9)26-25-34(42)38(39,7)8)15-11-12-16-30(2)18-14-20-32(4)22-24-36(44)40(10)28-33(41)27-37(40,5)6/h11-24,33-35,41-43H,25-28H2,1-10H3/b12-11+,17-13+,18-14+,23-21+,24-22+,29-15+,30-16+,31-19+,32-20+/t33-,34-,35-,39-,40-/m0/s1. The lowest BCUT2D eigenvalue weighted by atomic mass is 9.65. The number of ketones is 1. The fourth-order valence-electron chi connectivity index (χ4n) is 6.28. The largest absolute Gasteiger partial charge is 0.393 e. The summed E-state index contributed by atoms with van der Waals surface area (Å²) in [5.74, 6) is 0.0773. The molecule has 2 saturated carbocycles. The number of carbonyl (C=O) groups excluding carboxylic acids is 1. The first-order chi connectivity index (χ1) is 20.4. The molecule has 0 bridgehead atoms. The van der Waals surface area contributed by atoms with Gasteiger partial charge in [0.1, 0.15) is 0 Å². The Morgan fingerprint density at radius 1 is 0.682 bits per heavy atom. The average molecular weight is 603 g/mol. The van der Waals surface area contributed by atoms with E-state index >= 15 is 0 Å². The van der Waals surface area contributed by atoms with Gasteiger partial charge >= 0.3 is 0 Å². The van der Waals surface area contributed by atoms with Gasteiger partial charge in [-0.15, -0.1) is 0 Å². The number of hydrogen-bond donors (Lipinski definition) is 3. The number of allylic oxidation sites excluding steroid dienone is 17. The lowest BCUT2D eigenvalue weighted by Crippen LogP contribution is -2.44. The van der Waals surface area contributed by atoms with Crippen LogP contribution in [0, 0.1) is 21.7 Å². The summed E-state index contributed by atoms with van der Waals surface area (Å²) in [6, 6.07) is 0. The first kappa shape index (κ1) is 37.4. The van der Waals surface area contributed by atoms with E-state index in [1.807, 2.05) is 114 Å². The van der Waals surface area contributed by atoms with E-state index in [1.165, 1.54) is 0 Å². The summed E-state index contributed by atoms with van der Waals surface area (Å²) < 4.78 is 0. The van der Waals surface area contributed by atoms with Gasteiger partial charge in [0.2, 0.25) is 0 Å². The molecule has 2 aliphatic rings. The molecule has 4 heteroatoms. The van der Waals surface area contributed by atoms with Gasteiger partial charge in [-0.3, -0.25) is 4.79 Å². The van der Waals surface area contributed by atoms with E-state index in [2.05, 4.69) is 33.8 Å². The molecule has 0 aromatic rings. The van der Waals surface area contributed by atoms with Crippen LogP contribution in [0.5, 0.6) is 0 Å². The van der Waals surface area contributed by atoms with Crippen molar-refractivity contribution in [1.29, 1.82) is 0 Å². The van der Waals surface area contributed by atoms with Crippen LogP contribution < -0.4 is 0 Å². The molecule has 0 radical (unpaired) electrons. The van der Waals surface area contributed by atoms with Crippen molar-refractivity contribution in [3.63, 3.8) is 0 Å². The minimum absolute atomic E-state index is 0.0773. The number of aliphatic hydroxyl groups excluding tert-OH is 3. The second-order valence-corrected chi connectivity index (χ2v) is 14.7. The third-order valence-corrected chi connectivity index (χ3v) is 10.6. The van der Waals surface area contributed by atoms with Crippen LogP contribution in [0.25, 0.3) is 0 Å². The molecule has 0 saturated heterocycles. The monoisotopic (exact) mass is 602 g/mol. The number of aliphatic hydroxyl groups is 3. The number of rotatable bonds is 12. The first-order valence-electron chi connectivity index (χ1n) is 16.0. The van der Waals surface area contributed by atoms with Crippen molar-refractivity contribution < 1.29 is 20.1 Å². The second kappa shape index (κ2) is 15.5. The van der Waals surface area contributed by atoms with Crippen molar-refractivity contribution in [2.75, 3.05) is 0 Å². The Hall–Kier alpha value is -2.79. The summed E-state index contributed by atoms with van der Waals surface area (Å²) in [4.78, 5) is 12.9. The maximum Gasteiger partial charge on any atom is 0.162 e. The molecule has 0 aromatic heterocycles. The third-order valence-electron chi connectivity index (χ3n) is 10.6. The third kappa shape index (κ3) is 9.36. The van der Waals surface area contributed by atoms with Gasteiger partial charge in [0.05, 0.1) is 18.3 Å². The van der Waals surface area contributed by atoms with Gasteiger partial charge in [0.15, 0.2) is 5.78 Å². The van der Waals surface area contributed by atoms with E-state index in [0.29, 0.717) is 12.8 Å². The van der Waals surface area contributed by atoms with E-state index < -0.39 is 17.6 Å². The summed E-state index contributed by atoms with van der Waals surface area (Å²) in [5.41, 5.74) is 2.83. The van der Waals surface area contributed by atoms with Gasteiger partial charge in [-0.25, -0.2) is 0 Å². The van der Waals surface area contributed by atoms with Gasteiger partial charge < -0.3 is 15.3 Å². The predicted molar refractivity (Wildman–Crippen MR) is 186 cm³/mol. The van der Waals surface area contributed by atoms with Crippen molar-refractivity contribution in [3.8, 4) is 0 Å². The van der Waals surface area contributed by atoms with Gasteiger partial charge in [-0.2, -0.15) is 0 Å².